The minimum absolute atomic E-state index is 0. The average Bonchev–Trinajstić information content (AvgIpc) is 2.09. The number of unbranched alkanes of at least 4 members (excludes halogenated alkanes) is 5. The number of carboxylic acids is 1. The van der Waals surface area contributed by atoms with Crippen molar-refractivity contribution in [3.05, 3.63) is 6.92 Å². The van der Waals surface area contributed by atoms with E-state index in [0.29, 0.717) is 0 Å². The maximum Gasteiger partial charge on any atom is 1.00 e. The molecule has 0 atom stereocenters. The molecule has 0 aromatic heterocycles. The van der Waals surface area contributed by atoms with Gasteiger partial charge in [-0.2, -0.15) is 14.8 Å². The number of carboxylic acid groups (broad SMARTS) is 1. The van der Waals surface area contributed by atoms with E-state index in [-0.39, 0.29) is 51.4 Å². The molecule has 0 aromatic rings. The van der Waals surface area contributed by atoms with Crippen molar-refractivity contribution in [2.24, 2.45) is 0 Å². The Labute approximate surface area is 147 Å². The summed E-state index contributed by atoms with van der Waals surface area (Å²) in [7, 11) is -4.32. The summed E-state index contributed by atoms with van der Waals surface area (Å²) in [5, 5.41) is 7.71. The van der Waals surface area contributed by atoms with Gasteiger partial charge in [-0.05, 0) is 0 Å². The maximum atomic E-state index is 9.62. The summed E-state index contributed by atoms with van der Waals surface area (Å²) in [4.78, 5) is 9.48. The Morgan fingerprint density at radius 3 is 1.88 bits per heavy atom. The third kappa shape index (κ3) is 31.6. The van der Waals surface area contributed by atoms with E-state index in [1.807, 2.05) is 0 Å². The van der Waals surface area contributed by atoms with Crippen LogP contribution in [0.5, 0.6) is 0 Å². The van der Waals surface area contributed by atoms with Crippen LogP contribution in [0.4, 0.5) is 0 Å². The van der Waals surface area contributed by atoms with Crippen molar-refractivity contribution in [2.45, 2.75) is 45.4 Å². The number of hydrogen-bond acceptors (Lipinski definition) is 3. The number of carbonyl (C=O) groups is 1. The normalized spacial score (nSPS) is 9.82. The van der Waals surface area contributed by atoms with Gasteiger partial charge in [0.25, 0.3) is 10.1 Å². The van der Waals surface area contributed by atoms with Crippen LogP contribution >= 0.6 is 0 Å². The number of aliphatic carboxylic acids is 1. The van der Waals surface area contributed by atoms with Gasteiger partial charge in [-0.3, -0.25) is 9.35 Å². The molecule has 0 radical (unpaired) electrons. The molecule has 0 aliphatic rings. The molecule has 0 heterocycles. The zero-order valence-electron chi connectivity index (χ0n) is 10.7. The van der Waals surface area contributed by atoms with E-state index in [4.69, 9.17) is 9.66 Å². The Balaban J connectivity index is -0.000000218. The topological polar surface area (TPSA) is 91.7 Å². The quantitative estimate of drug-likeness (QED) is 0.276. The number of hydrogen-bond donors (Lipinski definition) is 2. The fourth-order valence-corrected chi connectivity index (χ4v) is 1.25. The standard InChI is InChI=1S/C8H17.C2H4O5S.K/c1-3-5-7-8-6-4-2;3-2(4)1-8(5,6)7;/h1,3-8H2,2H3;1H2,(H,3,4)(H,5,6,7);/q-1;;+1. The molecule has 0 rings (SSSR count). The van der Waals surface area contributed by atoms with Crippen LogP contribution in [0.15, 0.2) is 0 Å². The van der Waals surface area contributed by atoms with Crippen molar-refractivity contribution in [2.75, 3.05) is 5.75 Å². The molecule has 0 aromatic carbocycles. The van der Waals surface area contributed by atoms with Crippen LogP contribution in [-0.4, -0.2) is 29.8 Å². The first kappa shape index (κ1) is 23.1. The van der Waals surface area contributed by atoms with Gasteiger partial charge in [-0.25, -0.2) is 0 Å². The van der Waals surface area contributed by atoms with E-state index >= 15 is 0 Å². The van der Waals surface area contributed by atoms with Gasteiger partial charge in [0.15, 0.2) is 5.75 Å². The van der Waals surface area contributed by atoms with Crippen molar-refractivity contribution >= 4 is 16.1 Å². The summed E-state index contributed by atoms with van der Waals surface area (Å²) in [6, 6.07) is 0. The Kier molecular flexibility index (Phi) is 20.5. The molecule has 5 nitrogen and oxygen atoms in total. The van der Waals surface area contributed by atoms with Crippen molar-refractivity contribution in [1.29, 1.82) is 0 Å². The molecule has 0 aliphatic heterocycles. The fourth-order valence-electron chi connectivity index (χ4n) is 0.936. The smallest absolute Gasteiger partial charge is 0.480 e. The predicted octanol–water partition coefficient (Wildman–Crippen LogP) is -0.856. The van der Waals surface area contributed by atoms with E-state index in [1.54, 1.807) is 0 Å². The molecule has 0 amide bonds. The molecule has 0 unspecified atom stereocenters. The fraction of sp³-hybridized carbons (Fsp3) is 0.800. The van der Waals surface area contributed by atoms with Crippen LogP contribution in [0.1, 0.15) is 45.4 Å². The molecule has 17 heavy (non-hydrogen) atoms. The van der Waals surface area contributed by atoms with E-state index in [1.165, 1.54) is 32.1 Å². The van der Waals surface area contributed by atoms with Crippen molar-refractivity contribution in [1.82, 2.24) is 0 Å². The van der Waals surface area contributed by atoms with Gasteiger partial charge in [0.05, 0.1) is 0 Å². The second-order valence-electron chi connectivity index (χ2n) is 3.39. The summed E-state index contributed by atoms with van der Waals surface area (Å²) >= 11 is 0. The molecular formula is C10H21KO5S. The molecule has 0 bridgehead atoms. The molecule has 0 fully saturated rings. The Morgan fingerprint density at radius 2 is 1.65 bits per heavy atom. The van der Waals surface area contributed by atoms with E-state index in [9.17, 15) is 13.2 Å². The second kappa shape index (κ2) is 15.1. The van der Waals surface area contributed by atoms with Crippen LogP contribution in [-0.2, 0) is 14.9 Å². The molecular weight excluding hydrogens is 271 g/mol. The summed E-state index contributed by atoms with van der Waals surface area (Å²) in [5.74, 6) is -2.79. The largest absolute Gasteiger partial charge is 1.00 e. The molecule has 7 heteroatoms. The van der Waals surface area contributed by atoms with Gasteiger partial charge < -0.3 is 12.0 Å². The molecule has 2 N–H and O–H groups in total. The van der Waals surface area contributed by atoms with Crippen LogP contribution < -0.4 is 51.4 Å². The van der Waals surface area contributed by atoms with Gasteiger partial charge in [0, 0.05) is 0 Å². The zero-order chi connectivity index (χ0) is 13.0. The molecule has 0 spiro atoms. The van der Waals surface area contributed by atoms with Crippen LogP contribution in [0.2, 0.25) is 0 Å². The minimum Gasteiger partial charge on any atom is -0.480 e. The van der Waals surface area contributed by atoms with Crippen LogP contribution in [0, 0.1) is 6.92 Å². The first-order chi connectivity index (χ1) is 7.33. The zero-order valence-corrected chi connectivity index (χ0v) is 14.6. The monoisotopic (exact) mass is 292 g/mol. The maximum absolute atomic E-state index is 9.62. The first-order valence-corrected chi connectivity index (χ1v) is 6.90. The molecule has 0 saturated carbocycles. The van der Waals surface area contributed by atoms with Gasteiger partial charge in [0.2, 0.25) is 0 Å². The summed E-state index contributed by atoms with van der Waals surface area (Å²) < 4.78 is 27.0. The third-order valence-electron chi connectivity index (χ3n) is 1.66. The molecule has 0 saturated heterocycles. The van der Waals surface area contributed by atoms with Gasteiger partial charge in [-0.1, -0.05) is 39.0 Å². The van der Waals surface area contributed by atoms with Crippen molar-refractivity contribution in [3.8, 4) is 0 Å². The minimum atomic E-state index is -4.32. The van der Waals surface area contributed by atoms with E-state index < -0.39 is 21.8 Å². The molecule has 0 aliphatic carbocycles. The Bertz CT molecular complexity index is 258. The molecule has 98 valence electrons. The summed E-state index contributed by atoms with van der Waals surface area (Å²) in [5.41, 5.74) is 0. The first-order valence-electron chi connectivity index (χ1n) is 5.29. The van der Waals surface area contributed by atoms with Crippen molar-refractivity contribution < 1.29 is 74.3 Å². The Morgan fingerprint density at radius 1 is 1.18 bits per heavy atom. The van der Waals surface area contributed by atoms with Gasteiger partial charge in [0.1, 0.15) is 0 Å². The SMILES string of the molecule is O=C(O)CS(=O)(=O)O.[CH2-]CCCCCCC.[K+]. The van der Waals surface area contributed by atoms with Crippen molar-refractivity contribution in [3.63, 3.8) is 0 Å². The van der Waals surface area contributed by atoms with Gasteiger partial charge in [-0.15, -0.1) is 0 Å². The van der Waals surface area contributed by atoms with Crippen LogP contribution in [0.3, 0.4) is 0 Å². The van der Waals surface area contributed by atoms with E-state index in [0.717, 1.165) is 6.42 Å². The second-order valence-corrected chi connectivity index (χ2v) is 4.84. The van der Waals surface area contributed by atoms with Crippen LogP contribution in [0.25, 0.3) is 0 Å². The summed E-state index contributed by atoms with van der Waals surface area (Å²) in [6.45, 7) is 6.02. The number of rotatable bonds is 7. The average molecular weight is 292 g/mol. The Hall–Kier alpha value is 1.02. The predicted molar refractivity (Wildman–Crippen MR) is 62.8 cm³/mol. The van der Waals surface area contributed by atoms with Gasteiger partial charge >= 0.3 is 57.4 Å². The summed E-state index contributed by atoms with van der Waals surface area (Å²) in [6.07, 6.45) is 7.98. The third-order valence-corrected chi connectivity index (χ3v) is 2.27. The van der Waals surface area contributed by atoms with E-state index in [2.05, 4.69) is 13.8 Å².